The van der Waals surface area contributed by atoms with Crippen molar-refractivity contribution in [1.29, 1.82) is 0 Å². The number of carbonyl (C=O) groups excluding carboxylic acids is 2. The van der Waals surface area contributed by atoms with Crippen LogP contribution in [0.2, 0.25) is 0 Å². The monoisotopic (exact) mass is 351 g/mol. The largest absolute Gasteiger partial charge is 0.351 e. The quantitative estimate of drug-likeness (QED) is 0.319. The number of fused-ring (bicyclic) bond motifs is 2. The zero-order chi connectivity index (χ0) is 18.6. The summed E-state index contributed by atoms with van der Waals surface area (Å²) in [5.74, 6) is 0.392. The number of amides is 2. The predicted molar refractivity (Wildman–Crippen MR) is 91.1 cm³/mol. The number of hydrogen-bond donors (Lipinski definition) is 0. The Kier molecular flexibility index (Phi) is 4.58. The molecule has 0 aromatic carbocycles. The lowest BCUT2D eigenvalue weighted by atomic mass is 9.43. The molecule has 1 heterocycles. The lowest BCUT2D eigenvalue weighted by Crippen LogP contribution is -2.68. The maximum absolute atomic E-state index is 12.2. The van der Waals surface area contributed by atoms with Gasteiger partial charge in [-0.2, -0.15) is 0 Å². The summed E-state index contributed by atoms with van der Waals surface area (Å²) in [7, 11) is 1.49. The van der Waals surface area contributed by atoms with Crippen LogP contribution >= 0.6 is 0 Å². The highest BCUT2D eigenvalue weighted by molar-refractivity contribution is 6.16. The molecule has 0 aromatic rings. The van der Waals surface area contributed by atoms with E-state index in [9.17, 15) is 9.59 Å². The minimum Gasteiger partial charge on any atom is -0.351 e. The Labute approximate surface area is 149 Å². The molecule has 4 aliphatic rings. The van der Waals surface area contributed by atoms with E-state index in [2.05, 4.69) is 20.8 Å². The van der Waals surface area contributed by atoms with Gasteiger partial charge in [-0.15, -0.1) is 0 Å². The highest BCUT2D eigenvalue weighted by Crippen LogP contribution is 2.66. The molecule has 0 radical (unpaired) electrons. The fourth-order valence-electron chi connectivity index (χ4n) is 4.87. The van der Waals surface area contributed by atoms with Crippen molar-refractivity contribution in [3.05, 3.63) is 11.6 Å². The summed E-state index contributed by atoms with van der Waals surface area (Å²) in [6.45, 7) is 10.0. The van der Waals surface area contributed by atoms with Crippen LogP contribution in [0.1, 0.15) is 53.9 Å². The van der Waals surface area contributed by atoms with Crippen LogP contribution in [-0.2, 0) is 24.1 Å². The Bertz CT molecular complexity index is 613. The van der Waals surface area contributed by atoms with Crippen molar-refractivity contribution in [1.82, 2.24) is 4.90 Å². The topological polar surface area (TPSA) is 65.1 Å². The van der Waals surface area contributed by atoms with Gasteiger partial charge in [0.15, 0.2) is 0 Å². The predicted octanol–water partition coefficient (Wildman–Crippen LogP) is 2.83. The van der Waals surface area contributed by atoms with E-state index in [-0.39, 0.29) is 22.8 Å². The normalized spacial score (nSPS) is 36.1. The maximum atomic E-state index is 12.2. The molecule has 0 aromatic heterocycles. The van der Waals surface area contributed by atoms with E-state index in [1.807, 2.05) is 0 Å². The molecular weight excluding hydrogens is 322 g/mol. The van der Waals surface area contributed by atoms with Gasteiger partial charge in [0.05, 0.1) is 6.04 Å². The van der Waals surface area contributed by atoms with Gasteiger partial charge in [-0.1, -0.05) is 20.8 Å². The highest BCUT2D eigenvalue weighted by atomic mass is 17.2. The Morgan fingerprint density at radius 3 is 2.44 bits per heavy atom. The van der Waals surface area contributed by atoms with Crippen molar-refractivity contribution >= 4 is 11.8 Å². The molecule has 6 heteroatoms. The molecule has 2 bridgehead atoms. The molecule has 140 valence electrons. The van der Waals surface area contributed by atoms with Crippen LogP contribution in [0, 0.1) is 17.3 Å². The molecule has 5 atom stereocenters. The first-order valence-corrected chi connectivity index (χ1v) is 9.09. The molecule has 3 aliphatic carbocycles. The van der Waals surface area contributed by atoms with Crippen LogP contribution in [0.25, 0.3) is 0 Å². The second-order valence-corrected chi connectivity index (χ2v) is 8.36. The standard InChI is InChI=1S/C19H29NO5/c1-11-9-15(21)20(16(11)22)13(3)17(23-6)24-25-19-10-14(18(19,4)5)8-7-12(19)2/h9,12-14,17H,7-8,10H2,1-6H3. The van der Waals surface area contributed by atoms with Crippen LogP contribution < -0.4 is 0 Å². The summed E-state index contributed by atoms with van der Waals surface area (Å²) in [6, 6.07) is -0.576. The van der Waals surface area contributed by atoms with Gasteiger partial charge >= 0.3 is 0 Å². The number of methoxy groups -OCH3 is 1. The second kappa shape index (κ2) is 6.18. The molecule has 3 saturated carbocycles. The number of nitrogens with zero attached hydrogens (tertiary/aromatic N) is 1. The summed E-state index contributed by atoms with van der Waals surface area (Å²) in [5, 5.41) is 0. The molecule has 0 saturated heterocycles. The van der Waals surface area contributed by atoms with Crippen molar-refractivity contribution in [3.8, 4) is 0 Å². The van der Waals surface area contributed by atoms with Gasteiger partial charge in [-0.3, -0.25) is 14.5 Å². The van der Waals surface area contributed by atoms with Crippen molar-refractivity contribution in [3.63, 3.8) is 0 Å². The summed E-state index contributed by atoms with van der Waals surface area (Å²) >= 11 is 0. The van der Waals surface area contributed by atoms with Gasteiger partial charge in [0.1, 0.15) is 5.60 Å². The van der Waals surface area contributed by atoms with E-state index in [1.165, 1.54) is 24.5 Å². The summed E-state index contributed by atoms with van der Waals surface area (Å²) < 4.78 is 5.40. The zero-order valence-corrected chi connectivity index (χ0v) is 16.0. The summed E-state index contributed by atoms with van der Waals surface area (Å²) in [5.41, 5.74) is 0.138. The van der Waals surface area contributed by atoms with E-state index in [1.54, 1.807) is 13.8 Å². The first-order chi connectivity index (χ1) is 11.7. The van der Waals surface area contributed by atoms with Gasteiger partial charge in [-0.05, 0) is 44.9 Å². The molecule has 5 unspecified atom stereocenters. The van der Waals surface area contributed by atoms with Gasteiger partial charge in [0.2, 0.25) is 6.29 Å². The average Bonchev–Trinajstić information content (AvgIpc) is 2.81. The van der Waals surface area contributed by atoms with Crippen molar-refractivity contribution in [2.75, 3.05) is 7.11 Å². The van der Waals surface area contributed by atoms with Gasteiger partial charge in [-0.25, -0.2) is 9.78 Å². The molecule has 25 heavy (non-hydrogen) atoms. The molecule has 4 rings (SSSR count). The summed E-state index contributed by atoms with van der Waals surface area (Å²) in [4.78, 5) is 37.1. The summed E-state index contributed by atoms with van der Waals surface area (Å²) in [6.07, 6.45) is 3.84. The second-order valence-electron chi connectivity index (χ2n) is 8.36. The first-order valence-electron chi connectivity index (χ1n) is 9.09. The van der Waals surface area contributed by atoms with Crippen molar-refractivity contribution in [2.24, 2.45) is 17.3 Å². The number of ether oxygens (including phenoxy) is 1. The first kappa shape index (κ1) is 18.5. The van der Waals surface area contributed by atoms with E-state index < -0.39 is 12.3 Å². The Balaban J connectivity index is 1.69. The van der Waals surface area contributed by atoms with E-state index in [4.69, 9.17) is 14.5 Å². The molecule has 0 spiro atoms. The molecule has 6 nitrogen and oxygen atoms in total. The van der Waals surface area contributed by atoms with Crippen LogP contribution in [0.15, 0.2) is 11.6 Å². The van der Waals surface area contributed by atoms with E-state index in [0.717, 1.165) is 12.8 Å². The molecule has 1 aliphatic heterocycles. The fraction of sp³-hybridized carbons (Fsp3) is 0.789. The number of imide groups is 1. The Morgan fingerprint density at radius 1 is 1.28 bits per heavy atom. The third kappa shape index (κ3) is 2.57. The maximum Gasteiger partial charge on any atom is 0.256 e. The fourth-order valence-corrected chi connectivity index (χ4v) is 4.87. The minimum absolute atomic E-state index is 0.0453. The van der Waals surface area contributed by atoms with Crippen LogP contribution in [-0.4, -0.2) is 41.8 Å². The number of carbonyl (C=O) groups is 2. The SMILES string of the molecule is COC(OOC12CC(CCC1C)C2(C)C)C(C)N1C(=O)C=C(C)C1=O. The number of hydrogen-bond acceptors (Lipinski definition) is 5. The minimum atomic E-state index is -0.828. The lowest BCUT2D eigenvalue weighted by molar-refractivity contribution is -0.483. The molecule has 2 amide bonds. The van der Waals surface area contributed by atoms with Gasteiger partial charge in [0.25, 0.3) is 11.8 Å². The molecular formula is C19H29NO5. The average molecular weight is 351 g/mol. The number of rotatable bonds is 6. The third-order valence-corrected chi connectivity index (χ3v) is 6.86. The molecule has 0 N–H and O–H groups in total. The van der Waals surface area contributed by atoms with Crippen LogP contribution in [0.4, 0.5) is 0 Å². The van der Waals surface area contributed by atoms with E-state index >= 15 is 0 Å². The Morgan fingerprint density at radius 2 is 1.96 bits per heavy atom. The zero-order valence-electron chi connectivity index (χ0n) is 16.0. The highest BCUT2D eigenvalue weighted by Gasteiger charge is 2.67. The van der Waals surface area contributed by atoms with Gasteiger partial charge in [0, 0.05) is 24.2 Å². The smallest absolute Gasteiger partial charge is 0.256 e. The van der Waals surface area contributed by atoms with E-state index in [0.29, 0.717) is 17.4 Å². The van der Waals surface area contributed by atoms with Gasteiger partial charge < -0.3 is 4.74 Å². The van der Waals surface area contributed by atoms with Crippen LogP contribution in [0.5, 0.6) is 0 Å². The third-order valence-electron chi connectivity index (χ3n) is 6.86. The van der Waals surface area contributed by atoms with Crippen molar-refractivity contribution < 1.29 is 24.1 Å². The van der Waals surface area contributed by atoms with Crippen molar-refractivity contribution in [2.45, 2.75) is 71.8 Å². The van der Waals surface area contributed by atoms with Crippen LogP contribution in [0.3, 0.4) is 0 Å². The molecule has 3 fully saturated rings. The lowest BCUT2D eigenvalue weighted by Gasteiger charge is -2.66. The Hall–Kier alpha value is -1.24.